The zero-order chi connectivity index (χ0) is 11.6. The topological polar surface area (TPSA) is 112 Å². The van der Waals surface area contributed by atoms with Crippen LogP contribution in [0, 0.1) is 0 Å². The van der Waals surface area contributed by atoms with Crippen molar-refractivity contribution >= 4 is 45.2 Å². The Hall–Kier alpha value is -1.45. The van der Waals surface area contributed by atoms with Crippen molar-refractivity contribution in [3.63, 3.8) is 0 Å². The van der Waals surface area contributed by atoms with E-state index in [1.807, 2.05) is 0 Å². The molecule has 0 aliphatic carbocycles. The van der Waals surface area contributed by atoms with Crippen LogP contribution in [0.2, 0.25) is 0 Å². The van der Waals surface area contributed by atoms with E-state index < -0.39 is 29.0 Å². The minimum atomic E-state index is -1.48. The SMILES string of the molecule is O=C(O)c1ccc(C(=O)O)c(C(=O)O)c1.[Pb]. The summed E-state index contributed by atoms with van der Waals surface area (Å²) in [5, 5.41) is 25.9. The van der Waals surface area contributed by atoms with Gasteiger partial charge in [0.1, 0.15) is 0 Å². The van der Waals surface area contributed by atoms with E-state index in [1.165, 1.54) is 0 Å². The standard InChI is InChI=1S/C9H6O6.Pb/c10-7(11)4-1-2-5(8(12)13)6(3-4)9(14)15;/h1-3H,(H,10,11)(H,12,13)(H,14,15);. The molecule has 0 fully saturated rings. The molecule has 0 saturated heterocycles. The monoisotopic (exact) mass is 418 g/mol. The van der Waals surface area contributed by atoms with Gasteiger partial charge in [0.2, 0.25) is 0 Å². The van der Waals surface area contributed by atoms with Gasteiger partial charge in [-0.3, -0.25) is 0 Å². The molecule has 1 rings (SSSR count). The third-order valence-corrected chi connectivity index (χ3v) is 1.73. The first kappa shape index (κ1) is 14.6. The van der Waals surface area contributed by atoms with Crippen LogP contribution >= 0.6 is 0 Å². The van der Waals surface area contributed by atoms with Gasteiger partial charge < -0.3 is 15.3 Å². The number of hydrogen-bond acceptors (Lipinski definition) is 3. The predicted octanol–water partition coefficient (Wildman–Crippen LogP) is 0.400. The van der Waals surface area contributed by atoms with Gasteiger partial charge in [0.25, 0.3) is 0 Å². The van der Waals surface area contributed by atoms with E-state index in [-0.39, 0.29) is 32.9 Å². The van der Waals surface area contributed by atoms with Crippen LogP contribution in [0.15, 0.2) is 18.2 Å². The molecule has 0 unspecified atom stereocenters. The molecule has 3 N–H and O–H groups in total. The van der Waals surface area contributed by atoms with Gasteiger partial charge in [-0.05, 0) is 18.2 Å². The molecule has 0 amide bonds. The second-order valence-corrected chi connectivity index (χ2v) is 2.68. The number of carbonyl (C=O) groups is 3. The quantitative estimate of drug-likeness (QED) is 0.614. The van der Waals surface area contributed by atoms with Gasteiger partial charge in [0, 0.05) is 27.3 Å². The minimum absolute atomic E-state index is 0. The first-order chi connectivity index (χ1) is 6.93. The largest absolute Gasteiger partial charge is 0.478 e. The van der Waals surface area contributed by atoms with Crippen molar-refractivity contribution in [3.8, 4) is 0 Å². The van der Waals surface area contributed by atoms with E-state index >= 15 is 0 Å². The molecule has 82 valence electrons. The number of benzene rings is 1. The second-order valence-electron chi connectivity index (χ2n) is 2.68. The van der Waals surface area contributed by atoms with Crippen LogP contribution in [0.3, 0.4) is 0 Å². The van der Waals surface area contributed by atoms with Crippen molar-refractivity contribution in [1.82, 2.24) is 0 Å². The van der Waals surface area contributed by atoms with Gasteiger partial charge in [-0.15, -0.1) is 0 Å². The van der Waals surface area contributed by atoms with Crippen molar-refractivity contribution in [3.05, 3.63) is 34.9 Å². The average molecular weight is 417 g/mol. The molecular weight excluding hydrogens is 411 g/mol. The smallest absolute Gasteiger partial charge is 0.336 e. The number of hydrogen-bond donors (Lipinski definition) is 3. The van der Waals surface area contributed by atoms with Gasteiger partial charge in [-0.1, -0.05) is 0 Å². The van der Waals surface area contributed by atoms with Gasteiger partial charge >= 0.3 is 17.9 Å². The van der Waals surface area contributed by atoms with Crippen molar-refractivity contribution in [2.75, 3.05) is 0 Å². The van der Waals surface area contributed by atoms with Crippen LogP contribution < -0.4 is 0 Å². The third kappa shape index (κ3) is 3.02. The third-order valence-electron chi connectivity index (χ3n) is 1.73. The predicted molar refractivity (Wildman–Crippen MR) is 53.1 cm³/mol. The fourth-order valence-electron chi connectivity index (χ4n) is 1.04. The van der Waals surface area contributed by atoms with Crippen LogP contribution in [0.1, 0.15) is 31.1 Å². The van der Waals surface area contributed by atoms with E-state index in [9.17, 15) is 14.4 Å². The van der Waals surface area contributed by atoms with Crippen LogP contribution in [-0.2, 0) is 0 Å². The summed E-state index contributed by atoms with van der Waals surface area (Å²) in [5.74, 6) is -4.20. The molecule has 1 aromatic rings. The normalized spacial score (nSPS) is 9.00. The van der Waals surface area contributed by atoms with Gasteiger partial charge in [-0.25, -0.2) is 14.4 Å². The first-order valence-electron chi connectivity index (χ1n) is 3.77. The summed E-state index contributed by atoms with van der Waals surface area (Å²) in [5.41, 5.74) is -1.24. The van der Waals surface area contributed by atoms with Gasteiger partial charge in [0.05, 0.1) is 16.7 Å². The fraction of sp³-hybridized carbons (Fsp3) is 0. The van der Waals surface area contributed by atoms with E-state index in [0.717, 1.165) is 18.2 Å². The molecule has 4 radical (unpaired) electrons. The van der Waals surface area contributed by atoms with Crippen molar-refractivity contribution < 1.29 is 29.7 Å². The molecule has 0 bridgehead atoms. The van der Waals surface area contributed by atoms with Crippen LogP contribution in [0.4, 0.5) is 0 Å². The Morgan fingerprint density at radius 3 is 1.69 bits per heavy atom. The molecule has 0 saturated carbocycles. The summed E-state index contributed by atoms with van der Waals surface area (Å²) in [7, 11) is 0. The van der Waals surface area contributed by atoms with Crippen molar-refractivity contribution in [2.24, 2.45) is 0 Å². The van der Waals surface area contributed by atoms with Gasteiger partial charge in [0.15, 0.2) is 0 Å². The summed E-state index contributed by atoms with van der Waals surface area (Å²) in [4.78, 5) is 31.8. The molecule has 0 aliphatic rings. The number of carboxylic acids is 3. The Balaban J connectivity index is 0.00000225. The Morgan fingerprint density at radius 2 is 1.31 bits per heavy atom. The molecule has 7 heteroatoms. The second kappa shape index (κ2) is 5.59. The number of aromatic carboxylic acids is 3. The van der Waals surface area contributed by atoms with E-state index in [1.54, 1.807) is 0 Å². The van der Waals surface area contributed by atoms with Gasteiger partial charge in [-0.2, -0.15) is 0 Å². The summed E-state index contributed by atoms with van der Waals surface area (Å²) in [6.45, 7) is 0. The van der Waals surface area contributed by atoms with Crippen LogP contribution in [0.25, 0.3) is 0 Å². The maximum atomic E-state index is 10.6. The molecule has 6 nitrogen and oxygen atoms in total. The summed E-state index contributed by atoms with van der Waals surface area (Å²) in [6, 6.07) is 2.81. The zero-order valence-electron chi connectivity index (χ0n) is 7.80. The molecule has 16 heavy (non-hydrogen) atoms. The first-order valence-corrected chi connectivity index (χ1v) is 3.77. The molecule has 0 spiro atoms. The summed E-state index contributed by atoms with van der Waals surface area (Å²) >= 11 is 0. The fourth-order valence-corrected chi connectivity index (χ4v) is 1.04. The molecule has 0 atom stereocenters. The van der Waals surface area contributed by atoms with Crippen LogP contribution in [-0.4, -0.2) is 60.5 Å². The summed E-state index contributed by atoms with van der Waals surface area (Å²) in [6.07, 6.45) is 0. The van der Waals surface area contributed by atoms with Crippen molar-refractivity contribution in [2.45, 2.75) is 0 Å². The Labute approximate surface area is 110 Å². The number of carboxylic acid groups (broad SMARTS) is 3. The molecule has 0 aliphatic heterocycles. The number of rotatable bonds is 3. The Morgan fingerprint density at radius 1 is 0.812 bits per heavy atom. The zero-order valence-corrected chi connectivity index (χ0v) is 11.7. The van der Waals surface area contributed by atoms with E-state index in [0.29, 0.717) is 0 Å². The minimum Gasteiger partial charge on any atom is -0.478 e. The Bertz CT molecular complexity index is 453. The Kier molecular flexibility index (Phi) is 5.08. The average Bonchev–Trinajstić information content (AvgIpc) is 2.16. The van der Waals surface area contributed by atoms with Crippen LogP contribution in [0.5, 0.6) is 0 Å². The van der Waals surface area contributed by atoms with E-state index in [4.69, 9.17) is 15.3 Å². The molecular formula is C9H6O6Pb. The summed E-state index contributed by atoms with van der Waals surface area (Å²) < 4.78 is 0. The maximum absolute atomic E-state index is 10.6. The molecule has 0 aromatic heterocycles. The molecule has 1 aromatic carbocycles. The maximum Gasteiger partial charge on any atom is 0.336 e. The molecule has 0 heterocycles. The van der Waals surface area contributed by atoms with Crippen molar-refractivity contribution in [1.29, 1.82) is 0 Å². The van der Waals surface area contributed by atoms with E-state index in [2.05, 4.69) is 0 Å².